The summed E-state index contributed by atoms with van der Waals surface area (Å²) in [6, 6.07) is 15.7. The van der Waals surface area contributed by atoms with Crippen LogP contribution in [0.25, 0.3) is 11.4 Å². The van der Waals surface area contributed by atoms with Gasteiger partial charge in [0.25, 0.3) is 10.0 Å². The molecule has 0 bridgehead atoms. The van der Waals surface area contributed by atoms with Crippen molar-refractivity contribution in [3.8, 4) is 17.1 Å². The van der Waals surface area contributed by atoms with E-state index in [9.17, 15) is 8.42 Å². The minimum Gasteiger partial charge on any atom is -0.493 e. The SMILES string of the molecule is O=S(=O)(Nc1ccccc1Cc1nc(-c2cccnc2)no1)c1ccc2c(c1)CCO2. The zero-order valence-electron chi connectivity index (χ0n) is 16.4. The fourth-order valence-corrected chi connectivity index (χ4v) is 4.56. The lowest BCUT2D eigenvalue weighted by molar-refractivity contribution is 0.356. The molecule has 0 aliphatic carbocycles. The van der Waals surface area contributed by atoms with Crippen LogP contribution in [0, 0.1) is 0 Å². The molecule has 3 heterocycles. The number of nitrogens with zero attached hydrogens (tertiary/aromatic N) is 3. The summed E-state index contributed by atoms with van der Waals surface area (Å²) < 4.78 is 39.5. The Hall–Kier alpha value is -3.72. The number of hydrogen-bond acceptors (Lipinski definition) is 7. The number of pyridine rings is 1. The number of rotatable bonds is 6. The molecule has 1 aliphatic heterocycles. The quantitative estimate of drug-likeness (QED) is 0.495. The summed E-state index contributed by atoms with van der Waals surface area (Å²) in [6.45, 7) is 0.570. The largest absolute Gasteiger partial charge is 0.493 e. The van der Waals surface area contributed by atoms with Crippen LogP contribution in [-0.4, -0.2) is 30.1 Å². The number of hydrogen-bond donors (Lipinski definition) is 1. The van der Waals surface area contributed by atoms with Gasteiger partial charge in [-0.25, -0.2) is 8.42 Å². The maximum atomic E-state index is 13.0. The molecule has 31 heavy (non-hydrogen) atoms. The number of para-hydroxylation sites is 1. The second kappa shape index (κ2) is 7.84. The highest BCUT2D eigenvalue weighted by Gasteiger charge is 2.21. The Balaban J connectivity index is 1.39. The van der Waals surface area contributed by atoms with Crippen molar-refractivity contribution in [1.82, 2.24) is 15.1 Å². The highest BCUT2D eigenvalue weighted by atomic mass is 32.2. The third-order valence-electron chi connectivity index (χ3n) is 4.96. The van der Waals surface area contributed by atoms with E-state index >= 15 is 0 Å². The molecule has 9 heteroatoms. The predicted octanol–water partition coefficient (Wildman–Crippen LogP) is 3.46. The lowest BCUT2D eigenvalue weighted by Crippen LogP contribution is -2.14. The molecule has 2 aromatic carbocycles. The molecule has 0 unspecified atom stereocenters. The van der Waals surface area contributed by atoms with Gasteiger partial charge in [-0.2, -0.15) is 4.98 Å². The molecule has 0 saturated carbocycles. The Labute approximate surface area is 179 Å². The van der Waals surface area contributed by atoms with Gasteiger partial charge in [-0.3, -0.25) is 9.71 Å². The van der Waals surface area contributed by atoms with Crippen LogP contribution >= 0.6 is 0 Å². The van der Waals surface area contributed by atoms with E-state index in [4.69, 9.17) is 9.26 Å². The van der Waals surface area contributed by atoms with Gasteiger partial charge in [-0.15, -0.1) is 0 Å². The standard InChI is InChI=1S/C22H18N4O4S/c27-31(28,18-7-8-20-16(12-18)9-11-29-20)26-19-6-2-1-4-15(19)13-21-24-22(25-30-21)17-5-3-10-23-14-17/h1-8,10,12,14,26H,9,11,13H2. The van der Waals surface area contributed by atoms with Crippen molar-refractivity contribution in [2.45, 2.75) is 17.7 Å². The molecule has 0 radical (unpaired) electrons. The Bertz CT molecular complexity index is 1340. The van der Waals surface area contributed by atoms with Crippen molar-refractivity contribution >= 4 is 15.7 Å². The van der Waals surface area contributed by atoms with Gasteiger partial charge in [-0.1, -0.05) is 23.4 Å². The topological polar surface area (TPSA) is 107 Å². The lowest BCUT2D eigenvalue weighted by Gasteiger charge is -2.12. The number of fused-ring (bicyclic) bond motifs is 1. The minimum absolute atomic E-state index is 0.197. The van der Waals surface area contributed by atoms with E-state index in [1.54, 1.807) is 48.8 Å². The number of nitrogens with one attached hydrogen (secondary N) is 1. The van der Waals surface area contributed by atoms with Crippen LogP contribution in [-0.2, 0) is 22.9 Å². The van der Waals surface area contributed by atoms with Gasteiger partial charge in [-0.05, 0) is 47.5 Å². The van der Waals surface area contributed by atoms with E-state index in [1.165, 1.54) is 0 Å². The minimum atomic E-state index is -3.77. The first kappa shape index (κ1) is 19.3. The third-order valence-corrected chi connectivity index (χ3v) is 6.33. The van der Waals surface area contributed by atoms with Crippen LogP contribution in [0.15, 0.2) is 76.4 Å². The maximum absolute atomic E-state index is 13.0. The molecule has 0 spiro atoms. The van der Waals surface area contributed by atoms with Crippen LogP contribution in [0.2, 0.25) is 0 Å². The molecule has 0 atom stereocenters. The van der Waals surface area contributed by atoms with E-state index in [1.807, 2.05) is 18.2 Å². The lowest BCUT2D eigenvalue weighted by atomic mass is 10.1. The summed E-state index contributed by atoms with van der Waals surface area (Å²) in [4.78, 5) is 8.65. The van der Waals surface area contributed by atoms with Crippen LogP contribution in [0.5, 0.6) is 5.75 Å². The first-order chi connectivity index (χ1) is 15.1. The van der Waals surface area contributed by atoms with Crippen LogP contribution < -0.4 is 9.46 Å². The van der Waals surface area contributed by atoms with Crippen LogP contribution in [0.4, 0.5) is 5.69 Å². The highest BCUT2D eigenvalue weighted by molar-refractivity contribution is 7.92. The van der Waals surface area contributed by atoms with Gasteiger partial charge in [0.2, 0.25) is 11.7 Å². The number of sulfonamides is 1. The molecule has 4 aromatic rings. The highest BCUT2D eigenvalue weighted by Crippen LogP contribution is 2.29. The van der Waals surface area contributed by atoms with Gasteiger partial charge in [0.1, 0.15) is 5.75 Å². The summed E-state index contributed by atoms with van der Waals surface area (Å²) in [5, 5.41) is 3.99. The van der Waals surface area contributed by atoms with Gasteiger partial charge >= 0.3 is 0 Å². The van der Waals surface area contributed by atoms with Gasteiger partial charge in [0.05, 0.1) is 23.6 Å². The van der Waals surface area contributed by atoms with Crippen molar-refractivity contribution in [2.24, 2.45) is 0 Å². The first-order valence-corrected chi connectivity index (χ1v) is 11.2. The molecule has 156 valence electrons. The molecule has 0 saturated heterocycles. The molecule has 8 nitrogen and oxygen atoms in total. The smallest absolute Gasteiger partial charge is 0.261 e. The maximum Gasteiger partial charge on any atom is 0.261 e. The molecule has 1 aliphatic rings. The summed E-state index contributed by atoms with van der Waals surface area (Å²) >= 11 is 0. The Morgan fingerprint density at radius 3 is 2.84 bits per heavy atom. The molecule has 5 rings (SSSR count). The van der Waals surface area contributed by atoms with Crippen LogP contribution in [0.3, 0.4) is 0 Å². The summed E-state index contributed by atoms with van der Waals surface area (Å²) in [7, 11) is -3.77. The third kappa shape index (κ3) is 3.99. The zero-order valence-corrected chi connectivity index (χ0v) is 17.2. The van der Waals surface area contributed by atoms with Crippen molar-refractivity contribution < 1.29 is 17.7 Å². The molecular weight excluding hydrogens is 416 g/mol. The van der Waals surface area contributed by atoms with E-state index < -0.39 is 10.0 Å². The fraction of sp³-hybridized carbons (Fsp3) is 0.136. The van der Waals surface area contributed by atoms with Gasteiger partial charge < -0.3 is 9.26 Å². The number of benzene rings is 2. The van der Waals surface area contributed by atoms with Crippen molar-refractivity contribution in [2.75, 3.05) is 11.3 Å². The monoisotopic (exact) mass is 434 g/mol. The normalized spacial score (nSPS) is 12.9. The van der Waals surface area contributed by atoms with E-state index in [0.717, 1.165) is 22.4 Å². The summed E-state index contributed by atoms with van der Waals surface area (Å²) in [6.07, 6.45) is 4.30. The number of aromatic nitrogens is 3. The number of anilines is 1. The molecule has 2 aromatic heterocycles. The molecule has 1 N–H and O–H groups in total. The molecular formula is C22H18N4O4S. The van der Waals surface area contributed by atoms with E-state index in [-0.39, 0.29) is 11.3 Å². The second-order valence-electron chi connectivity index (χ2n) is 7.06. The first-order valence-electron chi connectivity index (χ1n) is 9.68. The van der Waals surface area contributed by atoms with Crippen molar-refractivity contribution in [3.63, 3.8) is 0 Å². The summed E-state index contributed by atoms with van der Waals surface area (Å²) in [5.41, 5.74) is 2.81. The van der Waals surface area contributed by atoms with E-state index in [2.05, 4.69) is 19.8 Å². The second-order valence-corrected chi connectivity index (χ2v) is 8.74. The Morgan fingerprint density at radius 1 is 1.06 bits per heavy atom. The average molecular weight is 434 g/mol. The van der Waals surface area contributed by atoms with Crippen LogP contribution in [0.1, 0.15) is 17.0 Å². The molecule has 0 amide bonds. The Kier molecular flexibility index (Phi) is 4.87. The fourth-order valence-electron chi connectivity index (χ4n) is 3.41. The van der Waals surface area contributed by atoms with Gasteiger partial charge in [0.15, 0.2) is 0 Å². The van der Waals surface area contributed by atoms with Crippen molar-refractivity contribution in [1.29, 1.82) is 0 Å². The predicted molar refractivity (Wildman–Crippen MR) is 113 cm³/mol. The molecule has 0 fully saturated rings. The number of ether oxygens (including phenoxy) is 1. The van der Waals surface area contributed by atoms with E-state index in [0.29, 0.717) is 30.4 Å². The summed E-state index contributed by atoms with van der Waals surface area (Å²) in [5.74, 6) is 1.54. The zero-order chi connectivity index (χ0) is 21.3. The average Bonchev–Trinajstić information content (AvgIpc) is 3.44. The van der Waals surface area contributed by atoms with Gasteiger partial charge in [0, 0.05) is 24.4 Å². The van der Waals surface area contributed by atoms with Crippen molar-refractivity contribution in [3.05, 3.63) is 84.0 Å². The Morgan fingerprint density at radius 2 is 1.97 bits per heavy atom.